The van der Waals surface area contributed by atoms with Gasteiger partial charge in [-0.3, -0.25) is 9.52 Å². The summed E-state index contributed by atoms with van der Waals surface area (Å²) in [5, 5.41) is 6.25. The fraction of sp³-hybridized carbons (Fsp3) is 0.316. The predicted octanol–water partition coefficient (Wildman–Crippen LogP) is 2.04. The zero-order chi connectivity index (χ0) is 19.3. The number of nitrogens with one attached hydrogen (secondary N) is 3. The van der Waals surface area contributed by atoms with Crippen LogP contribution in [0.25, 0.3) is 0 Å². The fourth-order valence-electron chi connectivity index (χ4n) is 2.96. The van der Waals surface area contributed by atoms with Crippen molar-refractivity contribution < 1.29 is 17.6 Å². The molecular weight excluding hydrogens is 369 g/mol. The molecule has 27 heavy (non-hydrogen) atoms. The normalized spacial score (nSPS) is 17.3. The highest BCUT2D eigenvalue weighted by molar-refractivity contribution is 7.92. The van der Waals surface area contributed by atoms with Crippen molar-refractivity contribution in [2.75, 3.05) is 17.8 Å². The highest BCUT2D eigenvalue weighted by atomic mass is 32.2. The summed E-state index contributed by atoms with van der Waals surface area (Å²) in [6.07, 6.45) is 2.26. The molecule has 1 fully saturated rings. The van der Waals surface area contributed by atoms with Crippen LogP contribution in [0.15, 0.2) is 53.4 Å². The van der Waals surface area contributed by atoms with Gasteiger partial charge in [0.25, 0.3) is 10.0 Å². The summed E-state index contributed by atoms with van der Waals surface area (Å²) >= 11 is 0. The Morgan fingerprint density at radius 2 is 1.81 bits per heavy atom. The van der Waals surface area contributed by atoms with E-state index in [1.807, 2.05) is 0 Å². The Balaban J connectivity index is 1.58. The van der Waals surface area contributed by atoms with Gasteiger partial charge in [-0.1, -0.05) is 12.1 Å². The summed E-state index contributed by atoms with van der Waals surface area (Å²) in [6, 6.07) is 11.4. The van der Waals surface area contributed by atoms with Gasteiger partial charge in [-0.25, -0.2) is 12.8 Å². The van der Waals surface area contributed by atoms with Crippen LogP contribution in [-0.2, 0) is 21.2 Å². The van der Waals surface area contributed by atoms with Crippen molar-refractivity contribution in [3.63, 3.8) is 0 Å². The number of sulfonamides is 1. The van der Waals surface area contributed by atoms with Crippen molar-refractivity contribution in [2.45, 2.75) is 30.2 Å². The minimum atomic E-state index is -3.79. The Bertz CT molecular complexity index is 877. The van der Waals surface area contributed by atoms with Gasteiger partial charge in [0, 0.05) is 18.3 Å². The van der Waals surface area contributed by atoms with Crippen LogP contribution < -0.4 is 15.4 Å². The van der Waals surface area contributed by atoms with Crippen molar-refractivity contribution in [1.82, 2.24) is 10.6 Å². The Morgan fingerprint density at radius 1 is 1.11 bits per heavy atom. The SMILES string of the molecule is O=C(Cc1ccc(NS(=O)(=O)c2ccc(F)cc2)cc1)N[C@H]1CCCNC1. The lowest BCUT2D eigenvalue weighted by molar-refractivity contribution is -0.121. The number of anilines is 1. The molecule has 1 aliphatic heterocycles. The molecule has 2 aromatic rings. The number of piperidine rings is 1. The molecule has 2 aromatic carbocycles. The number of carbonyl (C=O) groups excluding carboxylic acids is 1. The summed E-state index contributed by atoms with van der Waals surface area (Å²) in [5.74, 6) is -0.552. The molecule has 1 aliphatic rings. The number of halogens is 1. The zero-order valence-corrected chi connectivity index (χ0v) is 15.6. The smallest absolute Gasteiger partial charge is 0.261 e. The van der Waals surface area contributed by atoms with E-state index in [2.05, 4.69) is 15.4 Å². The summed E-state index contributed by atoms with van der Waals surface area (Å²) in [4.78, 5) is 12.1. The first-order valence-corrected chi connectivity index (χ1v) is 10.3. The average molecular weight is 391 g/mol. The molecule has 0 unspecified atom stereocenters. The predicted molar refractivity (Wildman–Crippen MR) is 101 cm³/mol. The van der Waals surface area contributed by atoms with E-state index >= 15 is 0 Å². The maximum Gasteiger partial charge on any atom is 0.261 e. The van der Waals surface area contributed by atoms with Gasteiger partial charge < -0.3 is 10.6 Å². The highest BCUT2D eigenvalue weighted by Crippen LogP contribution is 2.17. The Morgan fingerprint density at radius 3 is 2.44 bits per heavy atom. The van der Waals surface area contributed by atoms with Crippen LogP contribution in [0.1, 0.15) is 18.4 Å². The first-order valence-electron chi connectivity index (χ1n) is 8.80. The minimum absolute atomic E-state index is 0.0200. The van der Waals surface area contributed by atoms with Crippen molar-refractivity contribution in [3.8, 4) is 0 Å². The monoisotopic (exact) mass is 391 g/mol. The van der Waals surface area contributed by atoms with E-state index in [0.717, 1.165) is 43.6 Å². The van der Waals surface area contributed by atoms with Crippen LogP contribution in [0.3, 0.4) is 0 Å². The van der Waals surface area contributed by atoms with Gasteiger partial charge >= 0.3 is 0 Å². The molecule has 1 saturated heterocycles. The van der Waals surface area contributed by atoms with Gasteiger partial charge in [0.2, 0.25) is 5.91 Å². The molecule has 0 bridgehead atoms. The Labute approximate surface area is 158 Å². The minimum Gasteiger partial charge on any atom is -0.352 e. The lowest BCUT2D eigenvalue weighted by Crippen LogP contribution is -2.46. The molecule has 8 heteroatoms. The summed E-state index contributed by atoms with van der Waals surface area (Å²) in [5.41, 5.74) is 1.17. The number of hydrogen-bond acceptors (Lipinski definition) is 4. The van der Waals surface area contributed by atoms with Crippen molar-refractivity contribution in [1.29, 1.82) is 0 Å². The van der Waals surface area contributed by atoms with E-state index in [1.54, 1.807) is 24.3 Å². The van der Waals surface area contributed by atoms with Crippen LogP contribution >= 0.6 is 0 Å². The molecule has 1 atom stereocenters. The third-order valence-corrected chi connectivity index (χ3v) is 5.75. The Hall–Kier alpha value is -2.45. The second kappa shape index (κ2) is 8.49. The maximum absolute atomic E-state index is 12.9. The van der Waals surface area contributed by atoms with Gasteiger partial charge in [-0.15, -0.1) is 0 Å². The largest absolute Gasteiger partial charge is 0.352 e. The second-order valence-electron chi connectivity index (χ2n) is 6.54. The van der Waals surface area contributed by atoms with E-state index in [-0.39, 0.29) is 23.3 Å². The molecule has 0 saturated carbocycles. The molecule has 0 aliphatic carbocycles. The number of rotatable bonds is 6. The maximum atomic E-state index is 12.9. The molecule has 6 nitrogen and oxygen atoms in total. The van der Waals surface area contributed by atoms with Crippen molar-refractivity contribution >= 4 is 21.6 Å². The summed E-state index contributed by atoms with van der Waals surface area (Å²) in [6.45, 7) is 1.78. The standard InChI is InChI=1S/C19H22FN3O3S/c20-15-5-9-18(10-6-15)27(25,26)23-16-7-3-14(4-8-16)12-19(24)22-17-2-1-11-21-13-17/h3-10,17,21,23H,1-2,11-13H2,(H,22,24)/t17-/m0/s1. The number of hydrogen-bond donors (Lipinski definition) is 3. The van der Waals surface area contributed by atoms with Gasteiger partial charge in [0.1, 0.15) is 5.82 Å². The van der Waals surface area contributed by atoms with E-state index in [0.29, 0.717) is 5.69 Å². The van der Waals surface area contributed by atoms with Crippen LogP contribution in [-0.4, -0.2) is 33.5 Å². The molecule has 3 N–H and O–H groups in total. The molecule has 3 rings (SSSR count). The fourth-order valence-corrected chi connectivity index (χ4v) is 4.02. The van der Waals surface area contributed by atoms with Gasteiger partial charge in [-0.05, 0) is 61.3 Å². The average Bonchev–Trinajstić information content (AvgIpc) is 2.64. The molecule has 144 valence electrons. The molecule has 0 spiro atoms. The topological polar surface area (TPSA) is 87.3 Å². The van der Waals surface area contributed by atoms with Crippen LogP contribution in [0.2, 0.25) is 0 Å². The number of benzene rings is 2. The summed E-state index contributed by atoms with van der Waals surface area (Å²) < 4.78 is 40.0. The summed E-state index contributed by atoms with van der Waals surface area (Å²) in [7, 11) is -3.79. The Kier molecular flexibility index (Phi) is 6.08. The highest BCUT2D eigenvalue weighted by Gasteiger charge is 2.16. The van der Waals surface area contributed by atoms with Crippen LogP contribution in [0.4, 0.5) is 10.1 Å². The van der Waals surface area contributed by atoms with Gasteiger partial charge in [0.15, 0.2) is 0 Å². The van der Waals surface area contributed by atoms with E-state index in [9.17, 15) is 17.6 Å². The first kappa shape index (κ1) is 19.3. The van der Waals surface area contributed by atoms with Crippen LogP contribution in [0, 0.1) is 5.82 Å². The zero-order valence-electron chi connectivity index (χ0n) is 14.7. The number of amides is 1. The van der Waals surface area contributed by atoms with E-state index in [1.165, 1.54) is 12.1 Å². The van der Waals surface area contributed by atoms with Crippen LogP contribution in [0.5, 0.6) is 0 Å². The molecular formula is C19H22FN3O3S. The lowest BCUT2D eigenvalue weighted by Gasteiger charge is -2.23. The number of carbonyl (C=O) groups is 1. The van der Waals surface area contributed by atoms with Gasteiger partial charge in [0.05, 0.1) is 11.3 Å². The van der Waals surface area contributed by atoms with Crippen molar-refractivity contribution in [2.24, 2.45) is 0 Å². The van der Waals surface area contributed by atoms with Gasteiger partial charge in [-0.2, -0.15) is 0 Å². The van der Waals surface area contributed by atoms with Crippen molar-refractivity contribution in [3.05, 3.63) is 59.9 Å². The third-order valence-electron chi connectivity index (χ3n) is 4.36. The lowest BCUT2D eigenvalue weighted by atomic mass is 10.1. The molecule has 1 heterocycles. The quantitative estimate of drug-likeness (QED) is 0.703. The first-order chi connectivity index (χ1) is 12.9. The molecule has 0 aromatic heterocycles. The van der Waals surface area contributed by atoms with E-state index in [4.69, 9.17) is 0 Å². The second-order valence-corrected chi connectivity index (χ2v) is 8.23. The molecule has 1 amide bonds. The van der Waals surface area contributed by atoms with E-state index < -0.39 is 15.8 Å². The molecule has 0 radical (unpaired) electrons. The third kappa shape index (κ3) is 5.51.